The van der Waals surface area contributed by atoms with Crippen LogP contribution >= 0.6 is 12.4 Å². The summed E-state index contributed by atoms with van der Waals surface area (Å²) in [6.07, 6.45) is 2.44. The van der Waals surface area contributed by atoms with Gasteiger partial charge in [-0.1, -0.05) is 13.8 Å². The average molecular weight is 206 g/mol. The molecule has 0 aromatic carbocycles. The highest BCUT2D eigenvalue weighted by atomic mass is 35.5. The lowest BCUT2D eigenvalue weighted by Gasteiger charge is -2.61. The number of nitrogens with two attached hydrogens (primary N) is 1. The van der Waals surface area contributed by atoms with Crippen LogP contribution in [0.1, 0.15) is 26.7 Å². The second kappa shape index (κ2) is 3.41. The van der Waals surface area contributed by atoms with Crippen LogP contribution in [0, 0.1) is 23.2 Å². The van der Waals surface area contributed by atoms with Crippen LogP contribution in [0.15, 0.2) is 0 Å². The third-order valence-electron chi connectivity index (χ3n) is 4.38. The van der Waals surface area contributed by atoms with E-state index in [0.29, 0.717) is 17.3 Å². The van der Waals surface area contributed by atoms with Crippen molar-refractivity contribution in [2.75, 3.05) is 6.61 Å². The fourth-order valence-electron chi connectivity index (χ4n) is 3.16. The molecule has 78 valence electrons. The van der Waals surface area contributed by atoms with Crippen LogP contribution in [0.5, 0.6) is 0 Å². The highest BCUT2D eigenvalue weighted by Crippen LogP contribution is 2.59. The Morgan fingerprint density at radius 3 is 2.38 bits per heavy atom. The SMILES string of the molecule is CC1(C)[C@H]2C[C@@H](CO)[C@H](N)[C@H]1C2.Cl. The molecule has 13 heavy (non-hydrogen) atoms. The summed E-state index contributed by atoms with van der Waals surface area (Å²) < 4.78 is 0. The van der Waals surface area contributed by atoms with Gasteiger partial charge in [-0.3, -0.25) is 0 Å². The zero-order chi connectivity index (χ0) is 8.93. The van der Waals surface area contributed by atoms with E-state index in [2.05, 4.69) is 13.8 Å². The van der Waals surface area contributed by atoms with Crippen LogP contribution < -0.4 is 5.73 Å². The Bertz CT molecular complexity index is 195. The first-order chi connectivity index (χ1) is 5.57. The molecule has 0 aromatic rings. The minimum atomic E-state index is 0. The van der Waals surface area contributed by atoms with E-state index < -0.39 is 0 Å². The highest BCUT2D eigenvalue weighted by Gasteiger charge is 2.56. The third-order valence-corrected chi connectivity index (χ3v) is 4.38. The highest BCUT2D eigenvalue weighted by molar-refractivity contribution is 5.85. The Labute approximate surface area is 86.3 Å². The van der Waals surface area contributed by atoms with Gasteiger partial charge in [-0.05, 0) is 36.0 Å². The summed E-state index contributed by atoms with van der Waals surface area (Å²) in [5, 5.41) is 9.09. The molecule has 3 heteroatoms. The van der Waals surface area contributed by atoms with E-state index in [1.807, 2.05) is 0 Å². The predicted octanol–water partition coefficient (Wildman–Crippen LogP) is 1.41. The van der Waals surface area contributed by atoms with Crippen molar-refractivity contribution in [2.45, 2.75) is 32.7 Å². The van der Waals surface area contributed by atoms with Gasteiger partial charge in [0.2, 0.25) is 0 Å². The fraction of sp³-hybridized carbons (Fsp3) is 1.00. The maximum atomic E-state index is 9.09. The molecular formula is C10H20ClNO. The van der Waals surface area contributed by atoms with Crippen molar-refractivity contribution >= 4 is 12.4 Å². The van der Waals surface area contributed by atoms with Gasteiger partial charge in [-0.2, -0.15) is 0 Å². The molecule has 0 spiro atoms. The van der Waals surface area contributed by atoms with Gasteiger partial charge in [-0.15, -0.1) is 12.4 Å². The number of aliphatic hydroxyl groups is 1. The average Bonchev–Trinajstić information content (AvgIpc) is 2.03. The van der Waals surface area contributed by atoms with Crippen molar-refractivity contribution in [3.63, 3.8) is 0 Å². The third kappa shape index (κ3) is 1.39. The Kier molecular flexibility index (Phi) is 2.96. The minimum Gasteiger partial charge on any atom is -0.396 e. The molecule has 0 saturated heterocycles. The van der Waals surface area contributed by atoms with Gasteiger partial charge in [0, 0.05) is 12.6 Å². The summed E-state index contributed by atoms with van der Waals surface area (Å²) in [6, 6.07) is 0.245. The maximum absolute atomic E-state index is 9.09. The molecular weight excluding hydrogens is 186 g/mol. The Morgan fingerprint density at radius 1 is 1.38 bits per heavy atom. The smallest absolute Gasteiger partial charge is 0.0474 e. The number of fused-ring (bicyclic) bond motifs is 2. The lowest BCUT2D eigenvalue weighted by atomic mass is 9.45. The Balaban J connectivity index is 0.000000845. The molecule has 3 aliphatic carbocycles. The zero-order valence-corrected chi connectivity index (χ0v) is 9.18. The van der Waals surface area contributed by atoms with Gasteiger partial charge < -0.3 is 10.8 Å². The largest absolute Gasteiger partial charge is 0.396 e. The quantitative estimate of drug-likeness (QED) is 0.680. The van der Waals surface area contributed by atoms with E-state index in [4.69, 9.17) is 10.8 Å². The molecule has 3 saturated carbocycles. The summed E-state index contributed by atoms with van der Waals surface area (Å²) >= 11 is 0. The lowest BCUT2D eigenvalue weighted by molar-refractivity contribution is -0.113. The topological polar surface area (TPSA) is 46.2 Å². The van der Waals surface area contributed by atoms with E-state index in [0.717, 1.165) is 12.3 Å². The van der Waals surface area contributed by atoms with Crippen molar-refractivity contribution in [1.82, 2.24) is 0 Å². The molecule has 3 rings (SSSR count). The minimum absolute atomic E-state index is 0. The number of hydrogen-bond donors (Lipinski definition) is 2. The molecule has 2 bridgehead atoms. The number of aliphatic hydroxyl groups excluding tert-OH is 1. The molecule has 0 aromatic heterocycles. The summed E-state index contributed by atoms with van der Waals surface area (Å²) in [7, 11) is 0. The normalized spacial score (nSPS) is 46.2. The molecule has 0 aliphatic heterocycles. The Morgan fingerprint density at radius 2 is 2.00 bits per heavy atom. The summed E-state index contributed by atoms with van der Waals surface area (Å²) in [6.45, 7) is 4.92. The van der Waals surface area contributed by atoms with Crippen LogP contribution in [0.25, 0.3) is 0 Å². The second-order valence-electron chi connectivity index (χ2n) is 5.12. The predicted molar refractivity (Wildman–Crippen MR) is 55.8 cm³/mol. The van der Waals surface area contributed by atoms with Crippen molar-refractivity contribution in [3.8, 4) is 0 Å². The van der Waals surface area contributed by atoms with Crippen LogP contribution in [-0.4, -0.2) is 17.8 Å². The van der Waals surface area contributed by atoms with E-state index in [1.54, 1.807) is 0 Å². The number of rotatable bonds is 1. The first kappa shape index (κ1) is 11.3. The zero-order valence-electron chi connectivity index (χ0n) is 8.36. The van der Waals surface area contributed by atoms with Gasteiger partial charge in [0.1, 0.15) is 0 Å². The molecule has 3 N–H and O–H groups in total. The van der Waals surface area contributed by atoms with Gasteiger partial charge in [0.15, 0.2) is 0 Å². The van der Waals surface area contributed by atoms with Crippen molar-refractivity contribution in [3.05, 3.63) is 0 Å². The van der Waals surface area contributed by atoms with Crippen LogP contribution in [0.2, 0.25) is 0 Å². The van der Waals surface area contributed by atoms with E-state index in [1.165, 1.54) is 6.42 Å². The number of hydrogen-bond acceptors (Lipinski definition) is 2. The summed E-state index contributed by atoms with van der Waals surface area (Å²) in [4.78, 5) is 0. The van der Waals surface area contributed by atoms with E-state index in [9.17, 15) is 0 Å². The molecule has 3 fully saturated rings. The lowest BCUT2D eigenvalue weighted by Crippen LogP contribution is -2.61. The van der Waals surface area contributed by atoms with Crippen molar-refractivity contribution in [2.24, 2.45) is 28.9 Å². The van der Waals surface area contributed by atoms with Crippen LogP contribution in [0.3, 0.4) is 0 Å². The fourth-order valence-corrected chi connectivity index (χ4v) is 3.16. The monoisotopic (exact) mass is 205 g/mol. The van der Waals surface area contributed by atoms with E-state index >= 15 is 0 Å². The molecule has 3 aliphatic rings. The van der Waals surface area contributed by atoms with Gasteiger partial charge >= 0.3 is 0 Å². The molecule has 0 radical (unpaired) electrons. The first-order valence-electron chi connectivity index (χ1n) is 4.93. The summed E-state index contributed by atoms with van der Waals surface area (Å²) in [5.41, 5.74) is 6.54. The van der Waals surface area contributed by atoms with Crippen LogP contribution in [-0.2, 0) is 0 Å². The first-order valence-corrected chi connectivity index (χ1v) is 4.93. The van der Waals surface area contributed by atoms with Gasteiger partial charge in [0.25, 0.3) is 0 Å². The molecule has 2 nitrogen and oxygen atoms in total. The molecule has 0 heterocycles. The van der Waals surface area contributed by atoms with Crippen molar-refractivity contribution < 1.29 is 5.11 Å². The maximum Gasteiger partial charge on any atom is 0.0474 e. The number of halogens is 1. The summed E-state index contributed by atoms with van der Waals surface area (Å²) in [5.74, 6) is 1.86. The molecule has 4 atom stereocenters. The standard InChI is InChI=1S/C10H19NO.ClH/c1-10(2)7-3-6(5-12)9(11)8(10)4-7;/h6-9,12H,3-5,11H2,1-2H3;1H/t6-,7-,8+,9-;/m0./s1. The Hall–Kier alpha value is 0.210. The van der Waals surface area contributed by atoms with Crippen LogP contribution in [0.4, 0.5) is 0 Å². The van der Waals surface area contributed by atoms with Gasteiger partial charge in [0.05, 0.1) is 0 Å². The molecule has 0 amide bonds. The second-order valence-corrected chi connectivity index (χ2v) is 5.12. The van der Waals surface area contributed by atoms with Gasteiger partial charge in [-0.25, -0.2) is 0 Å². The van der Waals surface area contributed by atoms with Crippen molar-refractivity contribution in [1.29, 1.82) is 0 Å². The van der Waals surface area contributed by atoms with E-state index in [-0.39, 0.29) is 25.1 Å². The molecule has 0 unspecified atom stereocenters.